The molecule has 108 valence electrons. The minimum Gasteiger partial charge on any atom is -0.325 e. The Bertz CT molecular complexity index is 568. The highest BCUT2D eigenvalue weighted by Crippen LogP contribution is 2.39. The van der Waals surface area contributed by atoms with Crippen LogP contribution in [0.3, 0.4) is 0 Å². The Balaban J connectivity index is 2.64. The van der Waals surface area contributed by atoms with Crippen LogP contribution in [0.2, 0.25) is 0 Å². The summed E-state index contributed by atoms with van der Waals surface area (Å²) in [5.74, 6) is 0.0183. The molecule has 2 rings (SSSR count). The van der Waals surface area contributed by atoms with Crippen LogP contribution in [0.25, 0.3) is 0 Å². The summed E-state index contributed by atoms with van der Waals surface area (Å²) in [6, 6.07) is 7.91. The lowest BCUT2D eigenvalue weighted by Gasteiger charge is -2.32. The molecule has 1 N–H and O–H groups in total. The van der Waals surface area contributed by atoms with E-state index in [1.54, 1.807) is 0 Å². The first-order valence-electron chi connectivity index (χ1n) is 7.24. The lowest BCUT2D eigenvalue weighted by molar-refractivity contribution is 0.0957. The van der Waals surface area contributed by atoms with Crippen LogP contribution in [0.5, 0.6) is 0 Å². The summed E-state index contributed by atoms with van der Waals surface area (Å²) in [5, 5.41) is 3.17. The summed E-state index contributed by atoms with van der Waals surface area (Å²) in [6.45, 7) is 13.1. The monoisotopic (exact) mass is 271 g/mol. The minimum atomic E-state index is -0.0691. The van der Waals surface area contributed by atoms with E-state index in [-0.39, 0.29) is 16.7 Å². The third-order valence-electron chi connectivity index (χ3n) is 3.82. The molecule has 0 aliphatic carbocycles. The molecule has 1 heterocycles. The smallest absolute Gasteiger partial charge is 0.255 e. The van der Waals surface area contributed by atoms with Crippen molar-refractivity contribution in [3.63, 3.8) is 0 Å². The van der Waals surface area contributed by atoms with Crippen molar-refractivity contribution in [1.29, 1.82) is 0 Å². The van der Waals surface area contributed by atoms with Crippen molar-refractivity contribution in [3.05, 3.63) is 46.7 Å². The van der Waals surface area contributed by atoms with Gasteiger partial charge in [-0.2, -0.15) is 0 Å². The second kappa shape index (κ2) is 4.76. The van der Waals surface area contributed by atoms with E-state index in [0.717, 1.165) is 23.2 Å². The Labute approximate surface area is 122 Å². The van der Waals surface area contributed by atoms with Crippen molar-refractivity contribution in [2.45, 2.75) is 48.0 Å². The lowest BCUT2D eigenvalue weighted by Crippen LogP contribution is -2.32. The highest BCUT2D eigenvalue weighted by atomic mass is 16.1. The van der Waals surface area contributed by atoms with E-state index in [1.165, 1.54) is 5.57 Å². The standard InChI is InChI=1S/C18H25NO/c1-17(2,3)14-11-12-9-7-8-10-13(12)16(20)19-15(14)18(4,5)6/h7-10H,11H2,1-6H3,(H,19,20). The minimum absolute atomic E-state index is 0.0183. The molecule has 0 fully saturated rings. The van der Waals surface area contributed by atoms with Crippen LogP contribution in [-0.2, 0) is 6.42 Å². The summed E-state index contributed by atoms with van der Waals surface area (Å²) >= 11 is 0. The van der Waals surface area contributed by atoms with Crippen LogP contribution in [0.15, 0.2) is 35.5 Å². The Morgan fingerprint density at radius 1 is 0.950 bits per heavy atom. The second-order valence-corrected chi connectivity index (χ2v) is 7.64. The van der Waals surface area contributed by atoms with E-state index in [9.17, 15) is 4.79 Å². The summed E-state index contributed by atoms with van der Waals surface area (Å²) in [4.78, 5) is 12.5. The van der Waals surface area contributed by atoms with Gasteiger partial charge in [0, 0.05) is 16.7 Å². The Morgan fingerprint density at radius 3 is 2.10 bits per heavy atom. The zero-order valence-electron chi connectivity index (χ0n) is 13.4. The van der Waals surface area contributed by atoms with Gasteiger partial charge in [0.15, 0.2) is 0 Å². The molecule has 0 aromatic heterocycles. The first-order chi connectivity index (χ1) is 9.10. The number of carbonyl (C=O) groups excluding carboxylic acids is 1. The molecule has 20 heavy (non-hydrogen) atoms. The molecule has 0 saturated carbocycles. The predicted molar refractivity (Wildman–Crippen MR) is 83.5 cm³/mol. The number of hydrogen-bond acceptors (Lipinski definition) is 1. The highest BCUT2D eigenvalue weighted by molar-refractivity contribution is 5.97. The molecule has 0 unspecified atom stereocenters. The molecule has 0 spiro atoms. The van der Waals surface area contributed by atoms with Gasteiger partial charge in [-0.05, 0) is 29.0 Å². The van der Waals surface area contributed by atoms with Gasteiger partial charge in [0.1, 0.15) is 0 Å². The first-order valence-corrected chi connectivity index (χ1v) is 7.24. The van der Waals surface area contributed by atoms with Gasteiger partial charge in [-0.25, -0.2) is 0 Å². The van der Waals surface area contributed by atoms with Crippen molar-refractivity contribution >= 4 is 5.91 Å². The van der Waals surface area contributed by atoms with Crippen LogP contribution >= 0.6 is 0 Å². The Kier molecular flexibility index (Phi) is 3.53. The van der Waals surface area contributed by atoms with Crippen molar-refractivity contribution < 1.29 is 4.79 Å². The number of carbonyl (C=O) groups is 1. The van der Waals surface area contributed by atoms with Gasteiger partial charge in [0.2, 0.25) is 0 Å². The van der Waals surface area contributed by atoms with Gasteiger partial charge in [-0.1, -0.05) is 59.7 Å². The largest absolute Gasteiger partial charge is 0.325 e. The summed E-state index contributed by atoms with van der Waals surface area (Å²) in [5.41, 5.74) is 4.28. The SMILES string of the molecule is CC(C)(C)C1=C(C(C)(C)C)NC(=O)c2ccccc2C1. The molecule has 2 heteroatoms. The molecule has 1 aliphatic heterocycles. The predicted octanol–water partition coefficient (Wildman–Crippen LogP) is 4.32. The molecule has 1 aromatic carbocycles. The molecular weight excluding hydrogens is 246 g/mol. The fourth-order valence-corrected chi connectivity index (χ4v) is 2.71. The number of rotatable bonds is 0. The van der Waals surface area contributed by atoms with E-state index in [2.05, 4.69) is 52.9 Å². The number of allylic oxidation sites excluding steroid dienone is 2. The van der Waals surface area contributed by atoms with Crippen LogP contribution in [0.4, 0.5) is 0 Å². The summed E-state index contributed by atoms with van der Waals surface area (Å²) in [7, 11) is 0. The van der Waals surface area contributed by atoms with Crippen LogP contribution in [0.1, 0.15) is 57.5 Å². The maximum absolute atomic E-state index is 12.5. The number of fused-ring (bicyclic) bond motifs is 1. The Morgan fingerprint density at radius 2 is 1.55 bits per heavy atom. The number of nitrogens with one attached hydrogen (secondary N) is 1. The van der Waals surface area contributed by atoms with Gasteiger partial charge in [0.05, 0.1) is 0 Å². The third-order valence-corrected chi connectivity index (χ3v) is 3.82. The first kappa shape index (κ1) is 14.8. The number of hydrogen-bond donors (Lipinski definition) is 1. The molecular formula is C18H25NO. The average molecular weight is 271 g/mol. The summed E-state index contributed by atoms with van der Waals surface area (Å²) < 4.78 is 0. The Hall–Kier alpha value is -1.57. The molecule has 0 atom stereocenters. The number of amides is 1. The van der Waals surface area contributed by atoms with Gasteiger partial charge in [0.25, 0.3) is 5.91 Å². The maximum Gasteiger partial charge on any atom is 0.255 e. The molecule has 0 radical (unpaired) electrons. The van der Waals surface area contributed by atoms with Crippen molar-refractivity contribution in [2.75, 3.05) is 0 Å². The van der Waals surface area contributed by atoms with E-state index in [0.29, 0.717) is 0 Å². The molecule has 2 nitrogen and oxygen atoms in total. The molecule has 0 saturated heterocycles. The molecule has 1 amide bonds. The van der Waals surface area contributed by atoms with Gasteiger partial charge in [-0.3, -0.25) is 4.79 Å². The van der Waals surface area contributed by atoms with E-state index in [1.807, 2.05) is 18.2 Å². The number of benzene rings is 1. The lowest BCUT2D eigenvalue weighted by atomic mass is 9.76. The zero-order valence-corrected chi connectivity index (χ0v) is 13.4. The van der Waals surface area contributed by atoms with Crippen molar-refractivity contribution in [3.8, 4) is 0 Å². The molecule has 0 bridgehead atoms. The van der Waals surface area contributed by atoms with Gasteiger partial charge >= 0.3 is 0 Å². The van der Waals surface area contributed by atoms with Crippen LogP contribution in [0, 0.1) is 10.8 Å². The van der Waals surface area contributed by atoms with Gasteiger partial charge < -0.3 is 5.32 Å². The van der Waals surface area contributed by atoms with E-state index >= 15 is 0 Å². The average Bonchev–Trinajstić information content (AvgIpc) is 2.46. The quantitative estimate of drug-likeness (QED) is 0.748. The van der Waals surface area contributed by atoms with E-state index in [4.69, 9.17) is 0 Å². The van der Waals surface area contributed by atoms with Crippen molar-refractivity contribution in [1.82, 2.24) is 5.32 Å². The fourth-order valence-electron chi connectivity index (χ4n) is 2.71. The molecule has 1 aliphatic rings. The van der Waals surface area contributed by atoms with Crippen LogP contribution in [-0.4, -0.2) is 5.91 Å². The zero-order chi connectivity index (χ0) is 15.1. The highest BCUT2D eigenvalue weighted by Gasteiger charge is 2.32. The second-order valence-electron chi connectivity index (χ2n) is 7.64. The summed E-state index contributed by atoms with van der Waals surface area (Å²) in [6.07, 6.45) is 0.838. The third kappa shape index (κ3) is 2.79. The van der Waals surface area contributed by atoms with Gasteiger partial charge in [-0.15, -0.1) is 0 Å². The topological polar surface area (TPSA) is 29.1 Å². The fraction of sp³-hybridized carbons (Fsp3) is 0.500. The van der Waals surface area contributed by atoms with Crippen LogP contribution < -0.4 is 5.32 Å². The molecule has 1 aromatic rings. The maximum atomic E-state index is 12.5. The van der Waals surface area contributed by atoms with Crippen molar-refractivity contribution in [2.24, 2.45) is 10.8 Å². The normalized spacial score (nSPS) is 16.6. The van der Waals surface area contributed by atoms with E-state index < -0.39 is 0 Å².